The molecule has 174 valence electrons. The average Bonchev–Trinajstić information content (AvgIpc) is 2.73. The second-order valence-corrected chi connectivity index (χ2v) is 9.38. The number of sulfonamides is 1. The van der Waals surface area contributed by atoms with Crippen molar-refractivity contribution in [1.82, 2.24) is 14.1 Å². The summed E-state index contributed by atoms with van der Waals surface area (Å²) in [5, 5.41) is 6.37. The number of carbonyl (C=O) groups excluding carboxylic acids is 1. The zero-order valence-electron chi connectivity index (χ0n) is 17.7. The molecule has 0 aliphatic carbocycles. The van der Waals surface area contributed by atoms with E-state index in [1.54, 1.807) is 0 Å². The molecule has 0 saturated carbocycles. The molecule has 3 aromatic rings. The van der Waals surface area contributed by atoms with E-state index >= 15 is 0 Å². The Bertz CT molecular complexity index is 1380. The summed E-state index contributed by atoms with van der Waals surface area (Å²) >= 11 is 0. The van der Waals surface area contributed by atoms with E-state index in [-0.39, 0.29) is 22.0 Å². The Labute approximate surface area is 187 Å². The molecule has 3 rings (SSSR count). The largest absolute Gasteiger partial charge is 0.416 e. The van der Waals surface area contributed by atoms with Gasteiger partial charge >= 0.3 is 6.18 Å². The van der Waals surface area contributed by atoms with E-state index in [0.717, 1.165) is 27.2 Å². The van der Waals surface area contributed by atoms with Gasteiger partial charge in [-0.25, -0.2) is 17.4 Å². The van der Waals surface area contributed by atoms with Crippen molar-refractivity contribution in [1.29, 1.82) is 0 Å². The van der Waals surface area contributed by atoms with E-state index < -0.39 is 38.8 Å². The molecule has 0 aliphatic rings. The van der Waals surface area contributed by atoms with Gasteiger partial charge in [0.2, 0.25) is 15.5 Å². The van der Waals surface area contributed by atoms with Crippen LogP contribution in [0.2, 0.25) is 0 Å². The first kappa shape index (κ1) is 24.1. The average molecular weight is 480 g/mol. The van der Waals surface area contributed by atoms with E-state index in [1.165, 1.54) is 57.4 Å². The van der Waals surface area contributed by atoms with Crippen molar-refractivity contribution in [3.63, 3.8) is 0 Å². The van der Waals surface area contributed by atoms with Crippen molar-refractivity contribution in [3.05, 3.63) is 81.8 Å². The Morgan fingerprint density at radius 3 is 2.36 bits per heavy atom. The van der Waals surface area contributed by atoms with Gasteiger partial charge < -0.3 is 5.32 Å². The molecule has 1 heterocycles. The van der Waals surface area contributed by atoms with Gasteiger partial charge in [-0.3, -0.25) is 9.59 Å². The fourth-order valence-electron chi connectivity index (χ4n) is 2.92. The van der Waals surface area contributed by atoms with Crippen LogP contribution in [-0.4, -0.2) is 42.5 Å². The lowest BCUT2D eigenvalue weighted by Crippen LogP contribution is -2.27. The minimum Gasteiger partial charge on any atom is -0.320 e. The summed E-state index contributed by atoms with van der Waals surface area (Å²) in [6, 6.07) is 10.8. The maximum absolute atomic E-state index is 13.1. The van der Waals surface area contributed by atoms with Crippen LogP contribution in [0.3, 0.4) is 0 Å². The minimum atomic E-state index is -4.58. The molecule has 0 bridgehead atoms. The zero-order chi connectivity index (χ0) is 24.6. The maximum atomic E-state index is 13.1. The highest BCUT2D eigenvalue weighted by Gasteiger charge is 2.30. The third-order valence-corrected chi connectivity index (χ3v) is 6.42. The maximum Gasteiger partial charge on any atom is 0.416 e. The summed E-state index contributed by atoms with van der Waals surface area (Å²) in [6.07, 6.45) is -4.58. The molecule has 0 saturated heterocycles. The van der Waals surface area contributed by atoms with Gasteiger partial charge in [-0.05, 0) is 43.3 Å². The van der Waals surface area contributed by atoms with Crippen LogP contribution < -0.4 is 10.7 Å². The Kier molecular flexibility index (Phi) is 6.43. The highest BCUT2D eigenvalue weighted by molar-refractivity contribution is 7.89. The van der Waals surface area contributed by atoms with Crippen molar-refractivity contribution < 1.29 is 26.4 Å². The van der Waals surface area contributed by atoms with Crippen LogP contribution in [0.5, 0.6) is 0 Å². The third-order valence-electron chi connectivity index (χ3n) is 4.61. The van der Waals surface area contributed by atoms with Crippen molar-refractivity contribution >= 4 is 21.6 Å². The van der Waals surface area contributed by atoms with Crippen LogP contribution in [0, 0.1) is 6.92 Å². The lowest BCUT2D eigenvalue weighted by atomic mass is 10.2. The van der Waals surface area contributed by atoms with Gasteiger partial charge in [0, 0.05) is 31.5 Å². The van der Waals surface area contributed by atoms with E-state index in [4.69, 9.17) is 0 Å². The van der Waals surface area contributed by atoms with Crippen LogP contribution >= 0.6 is 0 Å². The second-order valence-electron chi connectivity index (χ2n) is 7.23. The van der Waals surface area contributed by atoms with Gasteiger partial charge in [0.1, 0.15) is 0 Å². The summed E-state index contributed by atoms with van der Waals surface area (Å²) < 4.78 is 65.9. The van der Waals surface area contributed by atoms with Crippen molar-refractivity contribution in [2.75, 3.05) is 19.4 Å². The van der Waals surface area contributed by atoms with Gasteiger partial charge in [-0.15, -0.1) is 0 Å². The molecule has 33 heavy (non-hydrogen) atoms. The number of hydrogen-bond donors (Lipinski definition) is 1. The summed E-state index contributed by atoms with van der Waals surface area (Å²) in [6.45, 7) is 1.46. The Hall–Kier alpha value is -3.51. The van der Waals surface area contributed by atoms with Crippen molar-refractivity contribution in [3.8, 4) is 5.69 Å². The highest BCUT2D eigenvalue weighted by Crippen LogP contribution is 2.30. The Morgan fingerprint density at radius 1 is 1.06 bits per heavy atom. The summed E-state index contributed by atoms with van der Waals surface area (Å²) in [7, 11) is -1.06. The summed E-state index contributed by atoms with van der Waals surface area (Å²) in [4.78, 5) is 25.0. The second kappa shape index (κ2) is 8.79. The van der Waals surface area contributed by atoms with Crippen LogP contribution in [0.1, 0.15) is 21.7 Å². The number of aromatic nitrogens is 2. The molecule has 8 nitrogen and oxygen atoms in total. The number of anilines is 1. The molecule has 0 atom stereocenters. The minimum absolute atomic E-state index is 0.00967. The summed E-state index contributed by atoms with van der Waals surface area (Å²) in [5.74, 6) is -0.944. The molecule has 0 radical (unpaired) electrons. The standard InChI is InChI=1S/C21H19F3N4O4S/c1-13-10-18(29)19(26-28(13)16-8-4-6-14(11-16)21(22,23)24)20(30)25-15-7-5-9-17(12-15)33(31,32)27(2)3/h4-12H,1-3H3,(H,25,30). The third kappa shape index (κ3) is 5.12. The van der Waals surface area contributed by atoms with Crippen LogP contribution in [0.15, 0.2) is 64.3 Å². The number of alkyl halides is 3. The van der Waals surface area contributed by atoms with Gasteiger partial charge in [-0.2, -0.15) is 18.3 Å². The quantitative estimate of drug-likeness (QED) is 0.605. The zero-order valence-corrected chi connectivity index (χ0v) is 18.5. The first-order valence-corrected chi connectivity index (χ1v) is 10.9. The molecule has 2 aromatic carbocycles. The molecule has 0 spiro atoms. The van der Waals surface area contributed by atoms with E-state index in [1.807, 2.05) is 0 Å². The number of benzene rings is 2. The molecule has 0 fully saturated rings. The predicted molar refractivity (Wildman–Crippen MR) is 115 cm³/mol. The van der Waals surface area contributed by atoms with Gasteiger partial charge in [0.15, 0.2) is 5.69 Å². The molecule has 1 amide bonds. The number of hydrogen-bond acceptors (Lipinski definition) is 5. The lowest BCUT2D eigenvalue weighted by Gasteiger charge is -2.14. The topological polar surface area (TPSA) is 101 Å². The monoisotopic (exact) mass is 480 g/mol. The van der Waals surface area contributed by atoms with Crippen LogP contribution in [0.25, 0.3) is 5.69 Å². The number of amides is 1. The van der Waals surface area contributed by atoms with E-state index in [0.29, 0.717) is 0 Å². The molecule has 0 aliphatic heterocycles. The van der Waals surface area contributed by atoms with Crippen molar-refractivity contribution in [2.45, 2.75) is 18.0 Å². The first-order valence-electron chi connectivity index (χ1n) is 9.43. The molecular weight excluding hydrogens is 461 g/mol. The fourth-order valence-corrected chi connectivity index (χ4v) is 3.86. The summed E-state index contributed by atoms with van der Waals surface area (Å²) in [5.41, 5.74) is -1.91. The fraction of sp³-hybridized carbons (Fsp3) is 0.190. The molecular formula is C21H19F3N4O4S. The number of halogens is 3. The number of nitrogens with one attached hydrogen (secondary N) is 1. The van der Waals surface area contributed by atoms with Crippen molar-refractivity contribution in [2.24, 2.45) is 0 Å². The number of nitrogens with zero attached hydrogens (tertiary/aromatic N) is 3. The molecule has 12 heteroatoms. The number of carbonyl (C=O) groups is 1. The van der Waals surface area contributed by atoms with Crippen LogP contribution in [0.4, 0.5) is 18.9 Å². The number of rotatable bonds is 5. The SMILES string of the molecule is Cc1cc(=O)c(C(=O)Nc2cccc(S(=O)(=O)N(C)C)c2)nn1-c1cccc(C(F)(F)F)c1. The normalized spacial score (nSPS) is 12.1. The van der Waals surface area contributed by atoms with Crippen LogP contribution in [-0.2, 0) is 16.2 Å². The van der Waals surface area contributed by atoms with Gasteiger partial charge in [0.25, 0.3) is 5.91 Å². The van der Waals surface area contributed by atoms with Gasteiger partial charge in [-0.1, -0.05) is 12.1 Å². The molecule has 1 N–H and O–H groups in total. The van der Waals surface area contributed by atoms with E-state index in [2.05, 4.69) is 10.4 Å². The predicted octanol–water partition coefficient (Wildman–Crippen LogP) is 3.06. The first-order chi connectivity index (χ1) is 15.3. The Balaban J connectivity index is 1.99. The van der Waals surface area contributed by atoms with E-state index in [9.17, 15) is 31.2 Å². The highest BCUT2D eigenvalue weighted by atomic mass is 32.2. The van der Waals surface area contributed by atoms with Gasteiger partial charge in [0.05, 0.1) is 16.1 Å². The Morgan fingerprint density at radius 2 is 1.73 bits per heavy atom. The molecule has 0 unspecified atom stereocenters. The number of aryl methyl sites for hydroxylation is 1. The smallest absolute Gasteiger partial charge is 0.320 e. The molecule has 1 aromatic heterocycles. The lowest BCUT2D eigenvalue weighted by molar-refractivity contribution is -0.137.